The third-order valence-electron chi connectivity index (χ3n) is 10.0. The zero-order valence-electron chi connectivity index (χ0n) is 29.3. The molecule has 0 saturated heterocycles. The third-order valence-corrected chi connectivity index (χ3v) is 11.2. The van der Waals surface area contributed by atoms with Crippen LogP contribution >= 0.6 is 11.3 Å². The molecule has 0 unspecified atom stereocenters. The highest BCUT2D eigenvalue weighted by Gasteiger charge is 2.15. The Morgan fingerprint density at radius 3 is 2.08 bits per heavy atom. The van der Waals surface area contributed by atoms with E-state index in [9.17, 15) is 0 Å². The number of hydrogen-bond donors (Lipinski definition) is 0. The first-order valence-electron chi connectivity index (χ1n) is 18.1. The summed E-state index contributed by atoms with van der Waals surface area (Å²) in [5.41, 5.74) is 11.7. The van der Waals surface area contributed by atoms with Gasteiger partial charge in [-0.25, -0.2) is 0 Å². The lowest BCUT2D eigenvalue weighted by Gasteiger charge is -2.27. The van der Waals surface area contributed by atoms with Gasteiger partial charge in [0.25, 0.3) is 0 Å². The minimum Gasteiger partial charge on any atom is -0.310 e. The van der Waals surface area contributed by atoms with Crippen LogP contribution in [0.25, 0.3) is 58.8 Å². The molecule has 0 aliphatic heterocycles. The molecule has 0 fully saturated rings. The second-order valence-electron chi connectivity index (χ2n) is 13.4. The van der Waals surface area contributed by atoms with Gasteiger partial charge in [0.2, 0.25) is 0 Å². The SMILES string of the molecule is C=C(/C=C\C=C1\C=CC=CC1)c1ccc2sc3ccc(-c4cccc(-c5ccc(N(c6ccccc6)c6cccc7ccccc67)cc5)c4)cc3c2c1. The number of benzene rings is 7. The fourth-order valence-electron chi connectivity index (χ4n) is 7.28. The number of hydrogen-bond acceptors (Lipinski definition) is 2. The monoisotopic (exact) mass is 695 g/mol. The van der Waals surface area contributed by atoms with Crippen LogP contribution in [0.1, 0.15) is 12.0 Å². The first kappa shape index (κ1) is 32.4. The van der Waals surface area contributed by atoms with Crippen molar-refractivity contribution < 1.29 is 0 Å². The van der Waals surface area contributed by atoms with Gasteiger partial charge in [-0.1, -0.05) is 146 Å². The molecule has 0 bridgehead atoms. The zero-order chi connectivity index (χ0) is 35.6. The molecule has 53 heavy (non-hydrogen) atoms. The average molecular weight is 696 g/mol. The van der Waals surface area contributed by atoms with Crippen molar-refractivity contribution in [2.24, 2.45) is 0 Å². The van der Waals surface area contributed by atoms with Crippen molar-refractivity contribution in [2.75, 3.05) is 4.90 Å². The molecule has 0 atom stereocenters. The number of fused-ring (bicyclic) bond motifs is 4. The van der Waals surface area contributed by atoms with Gasteiger partial charge >= 0.3 is 0 Å². The second-order valence-corrected chi connectivity index (χ2v) is 14.5. The maximum Gasteiger partial charge on any atom is 0.0540 e. The van der Waals surface area contributed by atoms with E-state index in [4.69, 9.17) is 0 Å². The van der Waals surface area contributed by atoms with Crippen molar-refractivity contribution in [1.29, 1.82) is 0 Å². The van der Waals surface area contributed by atoms with Gasteiger partial charge in [-0.2, -0.15) is 0 Å². The van der Waals surface area contributed by atoms with Crippen LogP contribution in [0.3, 0.4) is 0 Å². The molecule has 0 saturated carbocycles. The molecule has 1 aromatic heterocycles. The van der Waals surface area contributed by atoms with E-state index in [1.165, 1.54) is 58.8 Å². The summed E-state index contributed by atoms with van der Waals surface area (Å²) >= 11 is 1.85. The summed E-state index contributed by atoms with van der Waals surface area (Å²) in [6.07, 6.45) is 15.9. The Morgan fingerprint density at radius 1 is 0.566 bits per heavy atom. The summed E-state index contributed by atoms with van der Waals surface area (Å²) in [6.45, 7) is 4.39. The van der Waals surface area contributed by atoms with Crippen LogP contribution < -0.4 is 4.90 Å². The van der Waals surface area contributed by atoms with Crippen molar-refractivity contribution in [3.63, 3.8) is 0 Å². The average Bonchev–Trinajstić information content (AvgIpc) is 3.59. The molecule has 252 valence electrons. The highest BCUT2D eigenvalue weighted by molar-refractivity contribution is 7.25. The summed E-state index contributed by atoms with van der Waals surface area (Å²) in [5.74, 6) is 0. The van der Waals surface area contributed by atoms with Gasteiger partial charge < -0.3 is 4.90 Å². The lowest BCUT2D eigenvalue weighted by atomic mass is 9.97. The van der Waals surface area contributed by atoms with E-state index in [1.807, 2.05) is 11.3 Å². The van der Waals surface area contributed by atoms with Crippen LogP contribution in [0.5, 0.6) is 0 Å². The van der Waals surface area contributed by atoms with E-state index in [0.717, 1.165) is 34.6 Å². The Hall–Kier alpha value is -6.48. The molecule has 1 heterocycles. The van der Waals surface area contributed by atoms with E-state index < -0.39 is 0 Å². The van der Waals surface area contributed by atoms with Gasteiger partial charge in [0, 0.05) is 36.9 Å². The fourth-order valence-corrected chi connectivity index (χ4v) is 8.35. The molecule has 7 aromatic carbocycles. The molecule has 0 radical (unpaired) electrons. The van der Waals surface area contributed by atoms with Gasteiger partial charge in [-0.15, -0.1) is 11.3 Å². The van der Waals surface area contributed by atoms with Gasteiger partial charge in [0.15, 0.2) is 0 Å². The van der Waals surface area contributed by atoms with E-state index in [-0.39, 0.29) is 0 Å². The maximum atomic E-state index is 4.39. The number of allylic oxidation sites excluding steroid dienone is 9. The topological polar surface area (TPSA) is 3.24 Å². The molecule has 9 rings (SSSR count). The normalized spacial score (nSPS) is 13.5. The number of nitrogens with zero attached hydrogens (tertiary/aromatic N) is 1. The number of rotatable bonds is 8. The maximum absolute atomic E-state index is 4.39. The molecule has 0 N–H and O–H groups in total. The van der Waals surface area contributed by atoms with Crippen LogP contribution in [0.4, 0.5) is 17.1 Å². The lowest BCUT2D eigenvalue weighted by Crippen LogP contribution is -2.10. The Morgan fingerprint density at radius 2 is 1.25 bits per heavy atom. The van der Waals surface area contributed by atoms with Crippen LogP contribution in [0.15, 0.2) is 212 Å². The van der Waals surface area contributed by atoms with Crippen molar-refractivity contribution in [3.05, 3.63) is 218 Å². The largest absolute Gasteiger partial charge is 0.310 e. The third kappa shape index (κ3) is 6.57. The highest BCUT2D eigenvalue weighted by atomic mass is 32.1. The predicted molar refractivity (Wildman–Crippen MR) is 232 cm³/mol. The summed E-state index contributed by atoms with van der Waals surface area (Å²) < 4.78 is 2.59. The van der Waals surface area contributed by atoms with E-state index in [2.05, 4.69) is 212 Å². The zero-order valence-corrected chi connectivity index (χ0v) is 30.1. The first-order chi connectivity index (χ1) is 26.2. The van der Waals surface area contributed by atoms with E-state index in [1.54, 1.807) is 0 Å². The summed E-state index contributed by atoms with van der Waals surface area (Å²) in [6, 6.07) is 57.2. The van der Waals surface area contributed by atoms with Crippen LogP contribution in [0.2, 0.25) is 0 Å². The standard InChI is InChI=1S/C51H37NS/c1-36(13-10-16-37-14-4-2-5-15-37)40-27-31-50-47(34-40)48-35-43(28-32-51(48)53-50)42-20-11-19-41(33-42)38-25-29-45(30-26-38)52(44-21-6-3-7-22-44)49-24-12-18-39-17-8-9-23-46(39)49/h2-14,16-35H,1,15H2/b13-10-,37-16-. The fraction of sp³-hybridized carbons (Fsp3) is 0.0196. The molecule has 0 spiro atoms. The lowest BCUT2D eigenvalue weighted by molar-refractivity contribution is 1.26. The number of thiophene rings is 1. The molecular weight excluding hydrogens is 659 g/mol. The quantitative estimate of drug-likeness (QED) is 0.143. The molecule has 2 heteroatoms. The smallest absolute Gasteiger partial charge is 0.0540 e. The first-order valence-corrected chi connectivity index (χ1v) is 18.9. The second kappa shape index (κ2) is 14.3. The highest BCUT2D eigenvalue weighted by Crippen LogP contribution is 2.41. The van der Waals surface area contributed by atoms with Crippen molar-refractivity contribution in [1.82, 2.24) is 0 Å². The Balaban J connectivity index is 1.02. The van der Waals surface area contributed by atoms with Crippen molar-refractivity contribution >= 4 is 64.9 Å². The Bertz CT molecular complexity index is 2750. The van der Waals surface area contributed by atoms with E-state index in [0.29, 0.717) is 0 Å². The number of para-hydroxylation sites is 1. The molecule has 8 aromatic rings. The Kier molecular flexibility index (Phi) is 8.73. The van der Waals surface area contributed by atoms with Crippen molar-refractivity contribution in [2.45, 2.75) is 6.42 Å². The van der Waals surface area contributed by atoms with Gasteiger partial charge in [0.1, 0.15) is 0 Å². The van der Waals surface area contributed by atoms with Crippen LogP contribution in [0, 0.1) is 0 Å². The van der Waals surface area contributed by atoms with E-state index >= 15 is 0 Å². The van der Waals surface area contributed by atoms with Gasteiger partial charge in [-0.05, 0) is 111 Å². The van der Waals surface area contributed by atoms with Crippen molar-refractivity contribution in [3.8, 4) is 22.3 Å². The minimum atomic E-state index is 0.970. The predicted octanol–water partition coefficient (Wildman–Crippen LogP) is 15.0. The van der Waals surface area contributed by atoms with Crippen LogP contribution in [-0.4, -0.2) is 0 Å². The molecular formula is C51H37NS. The summed E-state index contributed by atoms with van der Waals surface area (Å²) in [7, 11) is 0. The molecule has 1 aliphatic rings. The summed E-state index contributed by atoms with van der Waals surface area (Å²) in [4.78, 5) is 2.35. The molecule has 1 aliphatic carbocycles. The number of anilines is 3. The summed E-state index contributed by atoms with van der Waals surface area (Å²) in [5, 5.41) is 5.01. The molecule has 1 nitrogen and oxygen atoms in total. The minimum absolute atomic E-state index is 0.970. The molecule has 0 amide bonds. The van der Waals surface area contributed by atoms with Gasteiger partial charge in [0.05, 0.1) is 5.69 Å². The van der Waals surface area contributed by atoms with Gasteiger partial charge in [-0.3, -0.25) is 0 Å². The van der Waals surface area contributed by atoms with Crippen LogP contribution in [-0.2, 0) is 0 Å². The Labute approximate surface area is 315 Å².